The van der Waals surface area contributed by atoms with Crippen LogP contribution in [0.15, 0.2) is 59.8 Å². The van der Waals surface area contributed by atoms with E-state index >= 15 is 0 Å². The van der Waals surface area contributed by atoms with Gasteiger partial charge in [0.1, 0.15) is 0 Å². The number of urea groups is 1. The van der Waals surface area contributed by atoms with Crippen molar-refractivity contribution in [2.45, 2.75) is 26.1 Å². The van der Waals surface area contributed by atoms with Crippen LogP contribution in [0.3, 0.4) is 0 Å². The van der Waals surface area contributed by atoms with E-state index in [1.807, 2.05) is 6.07 Å². The van der Waals surface area contributed by atoms with Gasteiger partial charge in [-0.2, -0.15) is 18.4 Å². The Kier molecular flexibility index (Phi) is 6.02. The SMILES string of the molecule is CCOC(=O)C1=C(C)N(c2cccc(C(F)(F)F)c2)C(=O)N[C@@H]1c1ccc(C#N)cc1. The van der Waals surface area contributed by atoms with Gasteiger partial charge in [-0.05, 0) is 49.7 Å². The lowest BCUT2D eigenvalue weighted by Crippen LogP contribution is -2.48. The summed E-state index contributed by atoms with van der Waals surface area (Å²) in [5.41, 5.74) is 0.204. The molecular formula is C22H18F3N3O3. The maximum absolute atomic E-state index is 13.2. The molecule has 2 amide bonds. The number of halogens is 3. The number of amides is 2. The second kappa shape index (κ2) is 8.52. The summed E-state index contributed by atoms with van der Waals surface area (Å²) in [6.45, 7) is 3.17. The molecule has 0 aromatic heterocycles. The lowest BCUT2D eigenvalue weighted by atomic mass is 9.94. The number of carbonyl (C=O) groups is 2. The molecule has 3 rings (SSSR count). The fraction of sp³-hybridized carbons (Fsp3) is 0.227. The largest absolute Gasteiger partial charge is 0.463 e. The minimum Gasteiger partial charge on any atom is -0.463 e. The molecule has 2 aromatic rings. The highest BCUT2D eigenvalue weighted by Gasteiger charge is 2.38. The van der Waals surface area contributed by atoms with E-state index < -0.39 is 29.8 Å². The highest BCUT2D eigenvalue weighted by atomic mass is 19.4. The number of nitrogens with one attached hydrogen (secondary N) is 1. The molecule has 1 aliphatic heterocycles. The molecule has 31 heavy (non-hydrogen) atoms. The van der Waals surface area contributed by atoms with Gasteiger partial charge in [-0.3, -0.25) is 4.90 Å². The minimum atomic E-state index is -4.59. The average Bonchev–Trinajstić information content (AvgIpc) is 2.73. The Balaban J connectivity index is 2.13. The summed E-state index contributed by atoms with van der Waals surface area (Å²) < 4.78 is 44.6. The average molecular weight is 429 g/mol. The minimum absolute atomic E-state index is 0.0371. The highest BCUT2D eigenvalue weighted by Crippen LogP contribution is 2.37. The zero-order chi connectivity index (χ0) is 22.8. The molecule has 0 aliphatic carbocycles. The second-order valence-corrected chi connectivity index (χ2v) is 6.72. The number of alkyl halides is 3. The first-order valence-corrected chi connectivity index (χ1v) is 9.33. The number of anilines is 1. The van der Waals surface area contributed by atoms with Crippen LogP contribution in [-0.4, -0.2) is 18.6 Å². The summed E-state index contributed by atoms with van der Waals surface area (Å²) in [7, 11) is 0. The molecule has 1 N–H and O–H groups in total. The van der Waals surface area contributed by atoms with Gasteiger partial charge in [0.25, 0.3) is 0 Å². The van der Waals surface area contributed by atoms with Crippen LogP contribution in [0.1, 0.15) is 36.6 Å². The number of ether oxygens (including phenoxy) is 1. The van der Waals surface area contributed by atoms with Crippen molar-refractivity contribution >= 4 is 17.7 Å². The van der Waals surface area contributed by atoms with Gasteiger partial charge in [0.15, 0.2) is 0 Å². The van der Waals surface area contributed by atoms with Crippen molar-refractivity contribution in [1.29, 1.82) is 5.26 Å². The number of hydrogen-bond donors (Lipinski definition) is 1. The molecule has 0 spiro atoms. The highest BCUT2D eigenvalue weighted by molar-refractivity contribution is 6.03. The Bertz CT molecular complexity index is 1090. The molecule has 0 saturated heterocycles. The molecule has 9 heteroatoms. The summed E-state index contributed by atoms with van der Waals surface area (Å²) in [6.07, 6.45) is -4.59. The van der Waals surface area contributed by atoms with Crippen LogP contribution in [0.5, 0.6) is 0 Å². The molecule has 160 valence electrons. The van der Waals surface area contributed by atoms with E-state index in [2.05, 4.69) is 5.32 Å². The molecule has 2 aromatic carbocycles. The van der Waals surface area contributed by atoms with Crippen molar-refractivity contribution in [2.24, 2.45) is 0 Å². The van der Waals surface area contributed by atoms with Crippen molar-refractivity contribution in [2.75, 3.05) is 11.5 Å². The van der Waals surface area contributed by atoms with Gasteiger partial charge in [-0.15, -0.1) is 0 Å². The number of nitrogens with zero attached hydrogens (tertiary/aromatic N) is 2. The third-order valence-electron chi connectivity index (χ3n) is 4.78. The normalized spacial score (nSPS) is 16.6. The second-order valence-electron chi connectivity index (χ2n) is 6.72. The lowest BCUT2D eigenvalue weighted by Gasteiger charge is -2.35. The topological polar surface area (TPSA) is 82.4 Å². The number of benzene rings is 2. The van der Waals surface area contributed by atoms with Gasteiger partial charge < -0.3 is 10.1 Å². The zero-order valence-corrected chi connectivity index (χ0v) is 16.7. The van der Waals surface area contributed by atoms with Crippen LogP contribution >= 0.6 is 0 Å². The molecule has 1 heterocycles. The summed E-state index contributed by atoms with van der Waals surface area (Å²) in [5, 5.41) is 11.6. The number of nitriles is 1. The zero-order valence-electron chi connectivity index (χ0n) is 16.7. The van der Waals surface area contributed by atoms with Gasteiger partial charge in [0.05, 0.1) is 41.1 Å². The van der Waals surface area contributed by atoms with E-state index in [1.165, 1.54) is 19.1 Å². The first-order chi connectivity index (χ1) is 14.7. The van der Waals surface area contributed by atoms with Crippen LogP contribution in [0, 0.1) is 11.3 Å². The number of hydrogen-bond acceptors (Lipinski definition) is 4. The molecule has 1 aliphatic rings. The molecule has 1 atom stereocenters. The fourth-order valence-corrected chi connectivity index (χ4v) is 3.35. The maximum Gasteiger partial charge on any atom is 0.416 e. The van der Waals surface area contributed by atoms with E-state index in [1.54, 1.807) is 31.2 Å². The van der Waals surface area contributed by atoms with Crippen molar-refractivity contribution in [3.05, 3.63) is 76.5 Å². The monoisotopic (exact) mass is 429 g/mol. The number of carbonyl (C=O) groups excluding carboxylic acids is 2. The third-order valence-corrected chi connectivity index (χ3v) is 4.78. The van der Waals surface area contributed by atoms with Crippen molar-refractivity contribution in [3.8, 4) is 6.07 Å². The van der Waals surface area contributed by atoms with E-state index in [9.17, 15) is 22.8 Å². The van der Waals surface area contributed by atoms with Crippen LogP contribution in [0.2, 0.25) is 0 Å². The molecule has 0 unspecified atom stereocenters. The van der Waals surface area contributed by atoms with E-state index in [4.69, 9.17) is 10.00 Å². The Labute approximate surface area is 176 Å². The smallest absolute Gasteiger partial charge is 0.416 e. The standard InChI is InChI=1S/C22H18F3N3O3/c1-3-31-20(29)18-13(2)28(17-6-4-5-16(11-17)22(23,24)25)21(30)27-19(18)15-9-7-14(12-26)8-10-15/h4-11,19H,3H2,1-2H3,(H,27,30)/t19-/m1/s1. The predicted molar refractivity (Wildman–Crippen MR) is 106 cm³/mol. The van der Waals surface area contributed by atoms with Gasteiger partial charge in [0.2, 0.25) is 0 Å². The Morgan fingerprint density at radius 3 is 2.48 bits per heavy atom. The summed E-state index contributed by atoms with van der Waals surface area (Å²) in [4.78, 5) is 26.6. The Morgan fingerprint density at radius 1 is 1.23 bits per heavy atom. The van der Waals surface area contributed by atoms with Crippen LogP contribution < -0.4 is 10.2 Å². The van der Waals surface area contributed by atoms with Crippen LogP contribution in [-0.2, 0) is 15.7 Å². The van der Waals surface area contributed by atoms with Crippen LogP contribution in [0.4, 0.5) is 23.7 Å². The van der Waals surface area contributed by atoms with Crippen molar-refractivity contribution < 1.29 is 27.5 Å². The lowest BCUT2D eigenvalue weighted by molar-refractivity contribution is -0.139. The first kappa shape index (κ1) is 21.9. The maximum atomic E-state index is 13.2. The van der Waals surface area contributed by atoms with Gasteiger partial charge in [-0.25, -0.2) is 9.59 Å². The first-order valence-electron chi connectivity index (χ1n) is 9.33. The van der Waals surface area contributed by atoms with E-state index in [0.717, 1.165) is 17.0 Å². The number of rotatable bonds is 4. The Morgan fingerprint density at radius 2 is 1.90 bits per heavy atom. The Hall–Kier alpha value is -3.80. The number of allylic oxidation sites excluding steroid dienone is 1. The summed E-state index contributed by atoms with van der Waals surface area (Å²) in [6, 6.07) is 10.9. The summed E-state index contributed by atoms with van der Waals surface area (Å²) >= 11 is 0. The molecule has 0 radical (unpaired) electrons. The van der Waals surface area contributed by atoms with E-state index in [0.29, 0.717) is 11.1 Å². The van der Waals surface area contributed by atoms with Gasteiger partial charge in [-0.1, -0.05) is 18.2 Å². The molecule has 0 saturated carbocycles. The predicted octanol–water partition coefficient (Wildman–Crippen LogP) is 4.69. The van der Waals surface area contributed by atoms with Gasteiger partial charge in [0, 0.05) is 5.70 Å². The molecule has 0 bridgehead atoms. The molecule has 6 nitrogen and oxygen atoms in total. The van der Waals surface area contributed by atoms with Crippen LogP contribution in [0.25, 0.3) is 0 Å². The third kappa shape index (κ3) is 4.38. The quantitative estimate of drug-likeness (QED) is 0.715. The summed E-state index contributed by atoms with van der Waals surface area (Å²) in [5.74, 6) is -0.702. The van der Waals surface area contributed by atoms with Crippen molar-refractivity contribution in [3.63, 3.8) is 0 Å². The number of esters is 1. The molecular weight excluding hydrogens is 411 g/mol. The van der Waals surface area contributed by atoms with E-state index in [-0.39, 0.29) is 23.6 Å². The van der Waals surface area contributed by atoms with Gasteiger partial charge >= 0.3 is 18.2 Å². The van der Waals surface area contributed by atoms with Crippen molar-refractivity contribution in [1.82, 2.24) is 5.32 Å². The fourth-order valence-electron chi connectivity index (χ4n) is 3.35. The molecule has 0 fully saturated rings.